The van der Waals surface area contributed by atoms with Crippen LogP contribution < -0.4 is 4.72 Å². The number of hydrogen-bond donors (Lipinski definition) is 2. The second kappa shape index (κ2) is 7.52. The van der Waals surface area contributed by atoms with E-state index in [2.05, 4.69) is 9.62 Å². The summed E-state index contributed by atoms with van der Waals surface area (Å²) in [5.41, 5.74) is 0. The molecule has 6 nitrogen and oxygen atoms in total. The third kappa shape index (κ3) is 4.05. The summed E-state index contributed by atoms with van der Waals surface area (Å²) in [6, 6.07) is 7.52. The first-order valence-electron chi connectivity index (χ1n) is 7.57. The van der Waals surface area contributed by atoms with E-state index in [1.54, 1.807) is 18.2 Å². The lowest BCUT2D eigenvalue weighted by molar-refractivity contribution is 0.0175. The molecule has 0 amide bonds. The normalized spacial score (nSPS) is 25.7. The number of hydrogen-bond acceptors (Lipinski definition) is 5. The molecule has 3 atom stereocenters. The number of ether oxygens (including phenoxy) is 1. The van der Waals surface area contributed by atoms with Crippen molar-refractivity contribution >= 4 is 10.0 Å². The average Bonchev–Trinajstić information content (AvgIpc) is 2.86. The molecule has 1 saturated heterocycles. The molecule has 22 heavy (non-hydrogen) atoms. The highest BCUT2D eigenvalue weighted by atomic mass is 32.2. The maximum Gasteiger partial charge on any atom is 0.240 e. The number of aliphatic hydroxyl groups excluding tert-OH is 1. The first-order valence-corrected chi connectivity index (χ1v) is 9.05. The van der Waals surface area contributed by atoms with E-state index in [0.717, 1.165) is 13.1 Å². The van der Waals surface area contributed by atoms with Gasteiger partial charge in [0.15, 0.2) is 0 Å². The number of aliphatic hydroxyl groups is 1. The van der Waals surface area contributed by atoms with E-state index >= 15 is 0 Å². The quantitative estimate of drug-likeness (QED) is 0.759. The van der Waals surface area contributed by atoms with Gasteiger partial charge >= 0.3 is 0 Å². The molecule has 1 aromatic rings. The predicted octanol–water partition coefficient (Wildman–Crippen LogP) is 0.435. The minimum atomic E-state index is -3.64. The van der Waals surface area contributed by atoms with Crippen LogP contribution in [0.25, 0.3) is 0 Å². The van der Waals surface area contributed by atoms with Crippen LogP contribution in [0.4, 0.5) is 0 Å². The van der Waals surface area contributed by atoms with E-state index in [0.29, 0.717) is 6.54 Å². The highest BCUT2D eigenvalue weighted by Gasteiger charge is 2.38. The van der Waals surface area contributed by atoms with E-state index in [9.17, 15) is 13.5 Å². The first-order chi connectivity index (χ1) is 10.5. The molecule has 0 spiro atoms. The van der Waals surface area contributed by atoms with Crippen molar-refractivity contribution in [2.24, 2.45) is 0 Å². The van der Waals surface area contributed by atoms with Crippen molar-refractivity contribution in [1.82, 2.24) is 9.62 Å². The van der Waals surface area contributed by atoms with Crippen molar-refractivity contribution in [3.05, 3.63) is 30.3 Å². The molecule has 0 aliphatic carbocycles. The van der Waals surface area contributed by atoms with Crippen molar-refractivity contribution < 1.29 is 18.3 Å². The SMILES string of the molecule is CCN(CC)C[C@@H]1OCC(NS(=O)(=O)c2ccccc2)[C@H]1O. The highest BCUT2D eigenvalue weighted by molar-refractivity contribution is 7.89. The molecule has 1 heterocycles. The van der Waals surface area contributed by atoms with Gasteiger partial charge in [0.25, 0.3) is 0 Å². The Bertz CT molecular complexity index is 560. The third-order valence-corrected chi connectivity index (χ3v) is 5.48. The molecule has 0 bridgehead atoms. The van der Waals surface area contributed by atoms with E-state index in [-0.39, 0.29) is 17.6 Å². The van der Waals surface area contributed by atoms with Crippen LogP contribution in [0.3, 0.4) is 0 Å². The molecule has 0 radical (unpaired) electrons. The number of nitrogens with zero attached hydrogens (tertiary/aromatic N) is 1. The number of nitrogens with one attached hydrogen (secondary N) is 1. The summed E-state index contributed by atoms with van der Waals surface area (Å²) in [6.07, 6.45) is -1.22. The number of rotatable bonds is 7. The molecule has 0 saturated carbocycles. The van der Waals surface area contributed by atoms with E-state index in [1.807, 2.05) is 13.8 Å². The Hall–Kier alpha value is -0.990. The van der Waals surface area contributed by atoms with E-state index in [1.165, 1.54) is 12.1 Å². The molecule has 1 aromatic carbocycles. The second-order valence-electron chi connectivity index (χ2n) is 5.39. The Morgan fingerprint density at radius 1 is 1.27 bits per heavy atom. The molecule has 1 fully saturated rings. The summed E-state index contributed by atoms with van der Waals surface area (Å²) in [4.78, 5) is 2.33. The Labute approximate surface area is 132 Å². The van der Waals surface area contributed by atoms with Gasteiger partial charge in [0.2, 0.25) is 10.0 Å². The summed E-state index contributed by atoms with van der Waals surface area (Å²) < 4.78 is 32.7. The zero-order chi connectivity index (χ0) is 16.2. The fraction of sp³-hybridized carbons (Fsp3) is 0.600. The van der Waals surface area contributed by atoms with Crippen molar-refractivity contribution in [3.63, 3.8) is 0 Å². The Balaban J connectivity index is 2.00. The zero-order valence-corrected chi connectivity index (χ0v) is 13.8. The van der Waals surface area contributed by atoms with Crippen LogP contribution in [0.2, 0.25) is 0 Å². The van der Waals surface area contributed by atoms with Gasteiger partial charge in [0.05, 0.1) is 29.8 Å². The van der Waals surface area contributed by atoms with Gasteiger partial charge in [0.1, 0.15) is 0 Å². The standard InChI is InChI=1S/C15H24N2O4S/c1-3-17(4-2)10-14-15(18)13(11-21-14)16-22(19,20)12-8-6-5-7-9-12/h5-9,13-16,18H,3-4,10-11H2,1-2H3/t13?,14-,15+/m0/s1. The summed E-state index contributed by atoms with van der Waals surface area (Å²) in [5.74, 6) is 0. The smallest absolute Gasteiger partial charge is 0.240 e. The summed E-state index contributed by atoms with van der Waals surface area (Å²) in [6.45, 7) is 6.59. The lowest BCUT2D eigenvalue weighted by Gasteiger charge is -2.24. The third-order valence-electron chi connectivity index (χ3n) is 3.98. The summed E-state index contributed by atoms with van der Waals surface area (Å²) in [5, 5.41) is 10.3. The van der Waals surface area contributed by atoms with Crippen LogP contribution in [0.15, 0.2) is 35.2 Å². The minimum absolute atomic E-state index is 0.180. The van der Waals surface area contributed by atoms with Gasteiger partial charge in [-0.05, 0) is 25.2 Å². The van der Waals surface area contributed by atoms with Crippen LogP contribution in [-0.4, -0.2) is 62.9 Å². The van der Waals surface area contributed by atoms with Gasteiger partial charge in [-0.25, -0.2) is 13.1 Å². The lowest BCUT2D eigenvalue weighted by Crippen LogP contribution is -2.46. The lowest BCUT2D eigenvalue weighted by atomic mass is 10.1. The van der Waals surface area contributed by atoms with Crippen LogP contribution >= 0.6 is 0 Å². The van der Waals surface area contributed by atoms with Crippen LogP contribution in [0, 0.1) is 0 Å². The van der Waals surface area contributed by atoms with Crippen LogP contribution in [-0.2, 0) is 14.8 Å². The fourth-order valence-corrected chi connectivity index (χ4v) is 3.81. The van der Waals surface area contributed by atoms with Gasteiger partial charge in [-0.2, -0.15) is 0 Å². The number of benzene rings is 1. The topological polar surface area (TPSA) is 78.9 Å². The zero-order valence-electron chi connectivity index (χ0n) is 13.0. The van der Waals surface area contributed by atoms with Gasteiger partial charge in [-0.15, -0.1) is 0 Å². The van der Waals surface area contributed by atoms with Crippen molar-refractivity contribution in [3.8, 4) is 0 Å². The maximum atomic E-state index is 12.3. The molecule has 0 aromatic heterocycles. The fourth-order valence-electron chi connectivity index (χ4n) is 2.55. The van der Waals surface area contributed by atoms with Crippen molar-refractivity contribution in [1.29, 1.82) is 0 Å². The minimum Gasteiger partial charge on any atom is -0.389 e. The molecule has 1 aliphatic heterocycles. The molecule has 2 rings (SSSR count). The summed E-state index contributed by atoms with van der Waals surface area (Å²) >= 11 is 0. The van der Waals surface area contributed by atoms with Crippen LogP contribution in [0.1, 0.15) is 13.8 Å². The monoisotopic (exact) mass is 328 g/mol. The van der Waals surface area contributed by atoms with Gasteiger partial charge in [0, 0.05) is 6.54 Å². The Kier molecular flexibility index (Phi) is 5.94. The number of sulfonamides is 1. The summed E-state index contributed by atoms with van der Waals surface area (Å²) in [7, 11) is -3.64. The Morgan fingerprint density at radius 2 is 1.91 bits per heavy atom. The predicted molar refractivity (Wildman–Crippen MR) is 84.1 cm³/mol. The molecule has 7 heteroatoms. The Morgan fingerprint density at radius 3 is 2.50 bits per heavy atom. The second-order valence-corrected chi connectivity index (χ2v) is 7.10. The molecular formula is C15H24N2O4S. The molecule has 2 N–H and O–H groups in total. The molecule has 1 aliphatic rings. The van der Waals surface area contributed by atoms with Gasteiger partial charge in [-0.1, -0.05) is 32.0 Å². The van der Waals surface area contributed by atoms with Crippen molar-refractivity contribution in [2.45, 2.75) is 37.0 Å². The van der Waals surface area contributed by atoms with E-state index in [4.69, 9.17) is 4.74 Å². The maximum absolute atomic E-state index is 12.3. The van der Waals surface area contributed by atoms with Gasteiger partial charge < -0.3 is 14.7 Å². The first kappa shape index (κ1) is 17.4. The van der Waals surface area contributed by atoms with Crippen molar-refractivity contribution in [2.75, 3.05) is 26.2 Å². The molecule has 1 unspecified atom stereocenters. The highest BCUT2D eigenvalue weighted by Crippen LogP contribution is 2.18. The largest absolute Gasteiger partial charge is 0.389 e. The molecular weight excluding hydrogens is 304 g/mol. The van der Waals surface area contributed by atoms with Crippen LogP contribution in [0.5, 0.6) is 0 Å². The van der Waals surface area contributed by atoms with E-state index < -0.39 is 22.2 Å². The average molecular weight is 328 g/mol. The number of likely N-dealkylation sites (N-methyl/N-ethyl adjacent to an activating group) is 1. The molecule has 124 valence electrons. The van der Waals surface area contributed by atoms with Gasteiger partial charge in [-0.3, -0.25) is 0 Å².